The Morgan fingerprint density at radius 1 is 1.30 bits per heavy atom. The number of aryl methyl sites for hydroxylation is 3. The number of nitrogens with zero attached hydrogens (tertiary/aromatic N) is 3. The van der Waals surface area contributed by atoms with Gasteiger partial charge in [0.15, 0.2) is 0 Å². The van der Waals surface area contributed by atoms with Crippen molar-refractivity contribution in [2.75, 3.05) is 20.2 Å². The average Bonchev–Trinajstić information content (AvgIpc) is 3.21. The number of hydrogen-bond donors (Lipinski definition) is 0. The van der Waals surface area contributed by atoms with Gasteiger partial charge in [0.1, 0.15) is 11.3 Å². The van der Waals surface area contributed by atoms with E-state index in [0.29, 0.717) is 26.1 Å². The van der Waals surface area contributed by atoms with E-state index in [2.05, 4.69) is 5.16 Å². The summed E-state index contributed by atoms with van der Waals surface area (Å²) in [6.45, 7) is 9.02. The summed E-state index contributed by atoms with van der Waals surface area (Å²) in [7, 11) is 1.65. The maximum Gasteiger partial charge on any atom is 0.263 e. The Bertz CT molecular complexity index is 899. The summed E-state index contributed by atoms with van der Waals surface area (Å²) in [5, 5.41) is 3.92. The third kappa shape index (κ3) is 3.69. The molecule has 0 unspecified atom stereocenters. The molecule has 7 heteroatoms. The highest BCUT2D eigenvalue weighted by molar-refractivity contribution is 5.95. The lowest BCUT2D eigenvalue weighted by Crippen LogP contribution is -2.37. The third-order valence-electron chi connectivity index (χ3n) is 5.35. The number of pyridine rings is 1. The van der Waals surface area contributed by atoms with E-state index in [9.17, 15) is 9.59 Å². The Balaban J connectivity index is 1.85. The Morgan fingerprint density at radius 2 is 2.04 bits per heavy atom. The van der Waals surface area contributed by atoms with E-state index in [-0.39, 0.29) is 29.1 Å². The maximum absolute atomic E-state index is 13.2. The van der Waals surface area contributed by atoms with Gasteiger partial charge in [-0.05, 0) is 39.3 Å². The topological polar surface area (TPSA) is 77.6 Å². The summed E-state index contributed by atoms with van der Waals surface area (Å²) in [5.41, 5.74) is 2.46. The minimum atomic E-state index is -0.224. The smallest absolute Gasteiger partial charge is 0.263 e. The van der Waals surface area contributed by atoms with E-state index < -0.39 is 0 Å². The van der Waals surface area contributed by atoms with E-state index in [1.54, 1.807) is 16.6 Å². The minimum absolute atomic E-state index is 0.0986. The van der Waals surface area contributed by atoms with Gasteiger partial charge in [0.05, 0.1) is 11.8 Å². The molecule has 1 saturated heterocycles. The molecule has 1 fully saturated rings. The summed E-state index contributed by atoms with van der Waals surface area (Å²) < 4.78 is 12.6. The molecule has 0 aliphatic carbocycles. The fourth-order valence-electron chi connectivity index (χ4n) is 3.98. The molecule has 2 atom stereocenters. The predicted molar refractivity (Wildman–Crippen MR) is 101 cm³/mol. The van der Waals surface area contributed by atoms with Gasteiger partial charge in [-0.2, -0.15) is 0 Å². The van der Waals surface area contributed by atoms with Crippen LogP contribution in [-0.4, -0.2) is 46.8 Å². The van der Waals surface area contributed by atoms with Crippen LogP contribution >= 0.6 is 0 Å². The molecular formula is C20H27N3O4. The molecule has 0 bridgehead atoms. The molecule has 7 nitrogen and oxygen atoms in total. The lowest BCUT2D eigenvalue weighted by molar-refractivity contribution is 0.0670. The van der Waals surface area contributed by atoms with Crippen LogP contribution in [0, 0.1) is 26.7 Å². The van der Waals surface area contributed by atoms with Crippen molar-refractivity contribution in [1.29, 1.82) is 0 Å². The highest BCUT2D eigenvalue weighted by Crippen LogP contribution is 2.25. The minimum Gasteiger partial charge on any atom is -0.379 e. The first-order chi connectivity index (χ1) is 12.8. The molecule has 3 heterocycles. The van der Waals surface area contributed by atoms with Gasteiger partial charge < -0.3 is 18.7 Å². The number of rotatable bonds is 5. The number of carbonyl (C=O) groups is 1. The number of amides is 1. The summed E-state index contributed by atoms with van der Waals surface area (Å²) in [6.07, 6.45) is 0.549. The van der Waals surface area contributed by atoms with E-state index in [0.717, 1.165) is 22.7 Å². The van der Waals surface area contributed by atoms with Gasteiger partial charge in [-0.25, -0.2) is 0 Å². The monoisotopic (exact) mass is 373 g/mol. The summed E-state index contributed by atoms with van der Waals surface area (Å²) in [6, 6.07) is 3.80. The van der Waals surface area contributed by atoms with Crippen LogP contribution in [-0.2, 0) is 17.7 Å². The zero-order valence-corrected chi connectivity index (χ0v) is 16.6. The molecule has 0 radical (unpaired) electrons. The summed E-state index contributed by atoms with van der Waals surface area (Å²) in [4.78, 5) is 27.7. The van der Waals surface area contributed by atoms with Crippen molar-refractivity contribution in [3.05, 3.63) is 50.8 Å². The Hall–Kier alpha value is -2.41. The lowest BCUT2D eigenvalue weighted by Gasteiger charge is -2.19. The number of carbonyl (C=O) groups excluding carboxylic acids is 1. The zero-order chi connectivity index (χ0) is 19.7. The largest absolute Gasteiger partial charge is 0.379 e. The van der Waals surface area contributed by atoms with Gasteiger partial charge in [-0.1, -0.05) is 5.16 Å². The molecular weight excluding hydrogens is 346 g/mol. The molecule has 2 aromatic rings. The standard InChI is InChI=1S/C20H27N3O4/c1-6-23-14(4)7-12(2)18(20(23)25)19(24)22-10-15(17(11-22)26-5)9-16-8-13(3)21-27-16/h7-8,15,17H,6,9-11H2,1-5H3/t15-,17+/m1/s1. The van der Waals surface area contributed by atoms with Crippen molar-refractivity contribution in [2.45, 2.75) is 46.8 Å². The quantitative estimate of drug-likeness (QED) is 0.802. The molecule has 1 aliphatic rings. The molecule has 2 aromatic heterocycles. The summed E-state index contributed by atoms with van der Waals surface area (Å²) >= 11 is 0. The molecule has 3 rings (SSSR count). The van der Waals surface area contributed by atoms with Gasteiger partial charge in [-0.15, -0.1) is 0 Å². The van der Waals surface area contributed by atoms with Crippen LogP contribution in [0.25, 0.3) is 0 Å². The third-order valence-corrected chi connectivity index (χ3v) is 5.35. The van der Waals surface area contributed by atoms with Crippen LogP contribution in [0.5, 0.6) is 0 Å². The number of ether oxygens (including phenoxy) is 1. The molecule has 0 aromatic carbocycles. The normalized spacial score (nSPS) is 19.7. The van der Waals surface area contributed by atoms with Crippen LogP contribution < -0.4 is 5.56 Å². The van der Waals surface area contributed by atoms with Crippen LogP contribution in [0.2, 0.25) is 0 Å². The molecule has 27 heavy (non-hydrogen) atoms. The fraction of sp³-hybridized carbons (Fsp3) is 0.550. The van der Waals surface area contributed by atoms with Crippen LogP contribution in [0.15, 0.2) is 21.5 Å². The highest BCUT2D eigenvalue weighted by atomic mass is 16.5. The molecule has 0 spiro atoms. The second kappa shape index (κ2) is 7.68. The van der Waals surface area contributed by atoms with Crippen molar-refractivity contribution in [1.82, 2.24) is 14.6 Å². The first-order valence-corrected chi connectivity index (χ1v) is 9.31. The number of methoxy groups -OCH3 is 1. The predicted octanol–water partition coefficient (Wildman–Crippen LogP) is 2.11. The highest BCUT2D eigenvalue weighted by Gasteiger charge is 2.37. The number of aromatic nitrogens is 2. The lowest BCUT2D eigenvalue weighted by atomic mass is 10.0. The summed E-state index contributed by atoms with van der Waals surface area (Å²) in [5.74, 6) is 0.664. The van der Waals surface area contributed by atoms with Gasteiger partial charge in [0.25, 0.3) is 11.5 Å². The van der Waals surface area contributed by atoms with E-state index in [4.69, 9.17) is 9.26 Å². The first kappa shape index (κ1) is 19.4. The van der Waals surface area contributed by atoms with Crippen LogP contribution in [0.3, 0.4) is 0 Å². The Kier molecular flexibility index (Phi) is 5.51. The fourth-order valence-corrected chi connectivity index (χ4v) is 3.98. The average molecular weight is 373 g/mol. The number of likely N-dealkylation sites (tertiary alicyclic amines) is 1. The first-order valence-electron chi connectivity index (χ1n) is 9.31. The van der Waals surface area contributed by atoms with Gasteiger partial charge >= 0.3 is 0 Å². The maximum atomic E-state index is 13.2. The Labute approximate surface area is 158 Å². The molecule has 0 N–H and O–H groups in total. The zero-order valence-electron chi connectivity index (χ0n) is 16.6. The number of hydrogen-bond acceptors (Lipinski definition) is 5. The SMILES string of the molecule is CCn1c(C)cc(C)c(C(=O)N2C[C@@H](Cc3cc(C)no3)[C@@H](OC)C2)c1=O. The second-order valence-corrected chi connectivity index (χ2v) is 7.28. The van der Waals surface area contributed by atoms with E-state index in [1.165, 1.54) is 0 Å². The van der Waals surface area contributed by atoms with Gasteiger partial charge in [0.2, 0.25) is 0 Å². The molecule has 146 valence electrons. The van der Waals surface area contributed by atoms with Crippen LogP contribution in [0.1, 0.15) is 40.0 Å². The van der Waals surface area contributed by atoms with Crippen molar-refractivity contribution in [3.63, 3.8) is 0 Å². The van der Waals surface area contributed by atoms with Crippen molar-refractivity contribution in [3.8, 4) is 0 Å². The van der Waals surface area contributed by atoms with Gasteiger partial charge in [-0.3, -0.25) is 9.59 Å². The molecule has 1 amide bonds. The second-order valence-electron chi connectivity index (χ2n) is 7.28. The van der Waals surface area contributed by atoms with Crippen LogP contribution in [0.4, 0.5) is 0 Å². The van der Waals surface area contributed by atoms with Crippen molar-refractivity contribution >= 4 is 5.91 Å². The molecule has 1 aliphatic heterocycles. The van der Waals surface area contributed by atoms with E-state index >= 15 is 0 Å². The molecule has 0 saturated carbocycles. The van der Waals surface area contributed by atoms with Gasteiger partial charge in [0, 0.05) is 50.8 Å². The Morgan fingerprint density at radius 3 is 2.63 bits per heavy atom. The van der Waals surface area contributed by atoms with Crippen molar-refractivity contribution in [2.24, 2.45) is 5.92 Å². The van der Waals surface area contributed by atoms with Crippen molar-refractivity contribution < 1.29 is 14.1 Å². The van der Waals surface area contributed by atoms with E-state index in [1.807, 2.05) is 39.8 Å².